The molecule has 0 bridgehead atoms. The Morgan fingerprint density at radius 3 is 2.75 bits per heavy atom. The number of rotatable bonds is 4. The first kappa shape index (κ1) is 10.0. The monoisotopic (exact) mass is 171 g/mol. The van der Waals surface area contributed by atoms with Gasteiger partial charge < -0.3 is 10.5 Å². The molecule has 2 nitrogen and oxygen atoms in total. The summed E-state index contributed by atoms with van der Waals surface area (Å²) in [6.45, 7) is 6.06. The normalized spacial score (nSPS) is 30.0. The number of ether oxygens (including phenoxy) is 1. The summed E-state index contributed by atoms with van der Waals surface area (Å²) in [6.07, 6.45) is 4.23. The fraction of sp³-hybridized carbons (Fsp3) is 1.00. The van der Waals surface area contributed by atoms with E-state index >= 15 is 0 Å². The van der Waals surface area contributed by atoms with E-state index in [1.807, 2.05) is 0 Å². The molecule has 1 aliphatic carbocycles. The number of hydrogen-bond donors (Lipinski definition) is 1. The van der Waals surface area contributed by atoms with Crippen molar-refractivity contribution in [1.82, 2.24) is 0 Å². The van der Waals surface area contributed by atoms with Gasteiger partial charge in [0.15, 0.2) is 0 Å². The van der Waals surface area contributed by atoms with Crippen molar-refractivity contribution in [3.8, 4) is 0 Å². The van der Waals surface area contributed by atoms with Gasteiger partial charge in [-0.2, -0.15) is 0 Å². The molecule has 12 heavy (non-hydrogen) atoms. The van der Waals surface area contributed by atoms with Crippen LogP contribution in [0.3, 0.4) is 0 Å². The van der Waals surface area contributed by atoms with Crippen molar-refractivity contribution >= 4 is 0 Å². The molecular formula is C10H21NO. The number of hydrogen-bond acceptors (Lipinski definition) is 2. The van der Waals surface area contributed by atoms with Crippen molar-refractivity contribution in [2.45, 2.75) is 39.2 Å². The molecule has 1 rings (SSSR count). The van der Waals surface area contributed by atoms with Crippen molar-refractivity contribution in [3.05, 3.63) is 0 Å². The van der Waals surface area contributed by atoms with Crippen LogP contribution in [0, 0.1) is 11.8 Å². The van der Waals surface area contributed by atoms with Gasteiger partial charge in [0.25, 0.3) is 0 Å². The molecule has 0 radical (unpaired) electrons. The molecule has 1 aliphatic rings. The zero-order chi connectivity index (χ0) is 8.97. The third kappa shape index (κ3) is 2.76. The Labute approximate surface area is 75.5 Å². The average Bonchev–Trinajstić information content (AvgIpc) is 2.47. The van der Waals surface area contributed by atoms with Gasteiger partial charge in [-0.1, -0.05) is 20.3 Å². The minimum absolute atomic E-state index is 0.456. The zero-order valence-electron chi connectivity index (χ0n) is 8.25. The van der Waals surface area contributed by atoms with Crippen LogP contribution < -0.4 is 5.73 Å². The van der Waals surface area contributed by atoms with Crippen LogP contribution in [-0.2, 0) is 4.74 Å². The zero-order valence-corrected chi connectivity index (χ0v) is 8.25. The fourth-order valence-electron chi connectivity index (χ4n) is 1.81. The van der Waals surface area contributed by atoms with Gasteiger partial charge >= 0.3 is 0 Å². The van der Waals surface area contributed by atoms with Crippen LogP contribution in [0.5, 0.6) is 0 Å². The maximum absolute atomic E-state index is 5.79. The predicted octanol–water partition coefficient (Wildman–Crippen LogP) is 1.79. The summed E-state index contributed by atoms with van der Waals surface area (Å²) in [5.74, 6) is 1.27. The predicted molar refractivity (Wildman–Crippen MR) is 51.0 cm³/mol. The van der Waals surface area contributed by atoms with E-state index in [4.69, 9.17) is 10.5 Å². The molecule has 0 heterocycles. The minimum atomic E-state index is 0.456. The van der Waals surface area contributed by atoms with Gasteiger partial charge in [-0.25, -0.2) is 0 Å². The van der Waals surface area contributed by atoms with Crippen LogP contribution in [0.1, 0.15) is 33.1 Å². The molecule has 2 unspecified atom stereocenters. The summed E-state index contributed by atoms with van der Waals surface area (Å²) in [6, 6.07) is 0. The lowest BCUT2D eigenvalue weighted by atomic mass is 10.1. The summed E-state index contributed by atoms with van der Waals surface area (Å²) < 4.78 is 5.79. The quantitative estimate of drug-likeness (QED) is 0.700. The van der Waals surface area contributed by atoms with E-state index in [9.17, 15) is 0 Å². The molecule has 2 atom stereocenters. The van der Waals surface area contributed by atoms with Crippen LogP contribution in [-0.4, -0.2) is 19.3 Å². The second-order valence-electron chi connectivity index (χ2n) is 4.19. The summed E-state index contributed by atoms with van der Waals surface area (Å²) in [5.41, 5.74) is 5.65. The van der Waals surface area contributed by atoms with E-state index in [0.29, 0.717) is 17.9 Å². The van der Waals surface area contributed by atoms with Crippen LogP contribution in [0.15, 0.2) is 0 Å². The molecule has 0 saturated heterocycles. The largest absolute Gasteiger partial charge is 0.378 e. The molecule has 0 amide bonds. The second-order valence-corrected chi connectivity index (χ2v) is 4.19. The van der Waals surface area contributed by atoms with E-state index in [2.05, 4.69) is 13.8 Å². The average molecular weight is 171 g/mol. The van der Waals surface area contributed by atoms with Gasteiger partial charge in [0, 0.05) is 6.61 Å². The highest BCUT2D eigenvalue weighted by molar-refractivity contribution is 4.78. The molecule has 0 spiro atoms. The highest BCUT2D eigenvalue weighted by Crippen LogP contribution is 2.27. The van der Waals surface area contributed by atoms with Crippen molar-refractivity contribution < 1.29 is 4.74 Å². The van der Waals surface area contributed by atoms with Crippen molar-refractivity contribution in [2.75, 3.05) is 13.2 Å². The first-order chi connectivity index (χ1) is 5.74. The van der Waals surface area contributed by atoms with Gasteiger partial charge in [0.05, 0.1) is 6.10 Å². The molecule has 1 fully saturated rings. The molecule has 0 aromatic carbocycles. The standard InChI is InChI=1S/C10H21NO/c1-8(2)7-12-10-5-3-4-9(10)6-11/h8-10H,3-7,11H2,1-2H3. The van der Waals surface area contributed by atoms with Crippen molar-refractivity contribution in [1.29, 1.82) is 0 Å². The van der Waals surface area contributed by atoms with Gasteiger partial charge in [0.2, 0.25) is 0 Å². The Bertz CT molecular complexity index is 125. The number of nitrogens with two attached hydrogens (primary N) is 1. The Kier molecular flexibility index (Phi) is 4.02. The highest BCUT2D eigenvalue weighted by atomic mass is 16.5. The molecular weight excluding hydrogens is 150 g/mol. The second kappa shape index (κ2) is 4.83. The van der Waals surface area contributed by atoms with E-state index in [1.54, 1.807) is 0 Å². The van der Waals surface area contributed by atoms with Crippen LogP contribution in [0.25, 0.3) is 0 Å². The van der Waals surface area contributed by atoms with Crippen molar-refractivity contribution in [3.63, 3.8) is 0 Å². The first-order valence-electron chi connectivity index (χ1n) is 5.05. The first-order valence-corrected chi connectivity index (χ1v) is 5.05. The lowest BCUT2D eigenvalue weighted by Gasteiger charge is -2.19. The Balaban J connectivity index is 2.21. The molecule has 0 aromatic heterocycles. The topological polar surface area (TPSA) is 35.2 Å². The summed E-state index contributed by atoms with van der Waals surface area (Å²) in [5, 5.41) is 0. The molecule has 72 valence electrons. The summed E-state index contributed by atoms with van der Waals surface area (Å²) >= 11 is 0. The SMILES string of the molecule is CC(C)COC1CCCC1CN. The Morgan fingerprint density at radius 1 is 1.42 bits per heavy atom. The molecule has 0 aliphatic heterocycles. The fourth-order valence-corrected chi connectivity index (χ4v) is 1.81. The lowest BCUT2D eigenvalue weighted by molar-refractivity contribution is 0.0150. The van der Waals surface area contributed by atoms with Crippen LogP contribution in [0.4, 0.5) is 0 Å². The summed E-state index contributed by atoms with van der Waals surface area (Å²) in [7, 11) is 0. The van der Waals surface area contributed by atoms with Gasteiger partial charge in [-0.3, -0.25) is 0 Å². The van der Waals surface area contributed by atoms with Crippen LogP contribution in [0.2, 0.25) is 0 Å². The Hall–Kier alpha value is -0.0800. The maximum atomic E-state index is 5.79. The third-order valence-corrected chi connectivity index (χ3v) is 2.54. The van der Waals surface area contributed by atoms with Crippen molar-refractivity contribution in [2.24, 2.45) is 17.6 Å². The molecule has 2 N–H and O–H groups in total. The minimum Gasteiger partial charge on any atom is -0.378 e. The van der Waals surface area contributed by atoms with Gasteiger partial charge in [-0.05, 0) is 31.2 Å². The maximum Gasteiger partial charge on any atom is 0.0615 e. The molecule has 1 saturated carbocycles. The molecule has 0 aromatic rings. The van der Waals surface area contributed by atoms with Crippen LogP contribution >= 0.6 is 0 Å². The van der Waals surface area contributed by atoms with E-state index < -0.39 is 0 Å². The third-order valence-electron chi connectivity index (χ3n) is 2.54. The smallest absolute Gasteiger partial charge is 0.0615 e. The lowest BCUT2D eigenvalue weighted by Crippen LogP contribution is -2.26. The van der Waals surface area contributed by atoms with E-state index in [1.165, 1.54) is 19.3 Å². The summed E-state index contributed by atoms with van der Waals surface area (Å²) in [4.78, 5) is 0. The Morgan fingerprint density at radius 2 is 2.17 bits per heavy atom. The van der Waals surface area contributed by atoms with Gasteiger partial charge in [-0.15, -0.1) is 0 Å². The van der Waals surface area contributed by atoms with E-state index in [0.717, 1.165) is 13.2 Å². The molecule has 2 heteroatoms. The van der Waals surface area contributed by atoms with Gasteiger partial charge in [0.1, 0.15) is 0 Å². The van der Waals surface area contributed by atoms with E-state index in [-0.39, 0.29) is 0 Å². The highest BCUT2D eigenvalue weighted by Gasteiger charge is 2.26.